The van der Waals surface area contributed by atoms with Crippen molar-refractivity contribution in [1.29, 1.82) is 0 Å². The first-order valence-corrected chi connectivity index (χ1v) is 8.00. The number of benzene rings is 2. The molecule has 2 atom stereocenters. The Balaban J connectivity index is 1.71. The molecule has 2 unspecified atom stereocenters. The fraction of sp³-hybridized carbons (Fsp3) is 0.400. The van der Waals surface area contributed by atoms with Crippen LogP contribution < -0.4 is 0 Å². The van der Waals surface area contributed by atoms with Crippen LogP contribution in [0.3, 0.4) is 0 Å². The van der Waals surface area contributed by atoms with Gasteiger partial charge in [0.05, 0.1) is 6.10 Å². The van der Waals surface area contributed by atoms with Crippen molar-refractivity contribution in [3.05, 3.63) is 70.8 Å². The van der Waals surface area contributed by atoms with Gasteiger partial charge in [-0.1, -0.05) is 62.4 Å². The lowest BCUT2D eigenvalue weighted by atomic mass is 9.90. The predicted molar refractivity (Wildman–Crippen MR) is 87.7 cm³/mol. The van der Waals surface area contributed by atoms with Crippen molar-refractivity contribution in [3.63, 3.8) is 0 Å². The third kappa shape index (κ3) is 3.03. The summed E-state index contributed by atoms with van der Waals surface area (Å²) < 4.78 is 0. The van der Waals surface area contributed by atoms with Gasteiger partial charge >= 0.3 is 0 Å². The number of aryl methyl sites for hydroxylation is 1. The highest BCUT2D eigenvalue weighted by molar-refractivity contribution is 5.36. The first kappa shape index (κ1) is 14.3. The van der Waals surface area contributed by atoms with Crippen LogP contribution in [0.2, 0.25) is 0 Å². The molecule has 110 valence electrons. The molecule has 1 aliphatic carbocycles. The van der Waals surface area contributed by atoms with Crippen molar-refractivity contribution in [2.24, 2.45) is 0 Å². The van der Waals surface area contributed by atoms with Crippen LogP contribution in [0.15, 0.2) is 48.5 Å². The highest BCUT2D eigenvalue weighted by Crippen LogP contribution is 2.36. The van der Waals surface area contributed by atoms with Crippen LogP contribution in [0, 0.1) is 0 Å². The fourth-order valence-electron chi connectivity index (χ4n) is 3.41. The fourth-order valence-corrected chi connectivity index (χ4v) is 3.41. The molecule has 0 heterocycles. The number of rotatable bonds is 4. The summed E-state index contributed by atoms with van der Waals surface area (Å²) >= 11 is 0. The van der Waals surface area contributed by atoms with Crippen molar-refractivity contribution >= 4 is 0 Å². The Hall–Kier alpha value is -1.60. The van der Waals surface area contributed by atoms with E-state index in [-0.39, 0.29) is 6.10 Å². The molecule has 0 fully saturated rings. The van der Waals surface area contributed by atoms with Crippen molar-refractivity contribution < 1.29 is 5.11 Å². The van der Waals surface area contributed by atoms with Crippen molar-refractivity contribution in [2.75, 3.05) is 0 Å². The summed E-state index contributed by atoms with van der Waals surface area (Å²) in [7, 11) is 0. The third-order valence-electron chi connectivity index (χ3n) is 4.73. The molecule has 1 aliphatic rings. The Labute approximate surface area is 127 Å². The normalized spacial score (nSPS) is 18.8. The zero-order chi connectivity index (χ0) is 14.8. The molecule has 1 N–H and O–H groups in total. The van der Waals surface area contributed by atoms with Crippen LogP contribution >= 0.6 is 0 Å². The maximum Gasteiger partial charge on any atom is 0.0649 e. The average Bonchev–Trinajstić information content (AvgIpc) is 2.92. The lowest BCUT2D eigenvalue weighted by Crippen LogP contribution is -2.19. The first-order valence-electron chi connectivity index (χ1n) is 8.00. The minimum Gasteiger partial charge on any atom is -0.392 e. The number of fused-ring (bicyclic) bond motifs is 1. The van der Waals surface area contributed by atoms with E-state index in [0.29, 0.717) is 11.8 Å². The monoisotopic (exact) mass is 280 g/mol. The van der Waals surface area contributed by atoms with Gasteiger partial charge in [-0.15, -0.1) is 0 Å². The quantitative estimate of drug-likeness (QED) is 0.877. The van der Waals surface area contributed by atoms with E-state index < -0.39 is 0 Å². The molecule has 0 aromatic heterocycles. The van der Waals surface area contributed by atoms with Gasteiger partial charge in [0.2, 0.25) is 0 Å². The van der Waals surface area contributed by atoms with Gasteiger partial charge in [-0.2, -0.15) is 0 Å². The van der Waals surface area contributed by atoms with E-state index in [0.717, 1.165) is 19.3 Å². The third-order valence-corrected chi connectivity index (χ3v) is 4.73. The van der Waals surface area contributed by atoms with Crippen LogP contribution in [-0.2, 0) is 12.8 Å². The molecule has 0 spiro atoms. The molecular weight excluding hydrogens is 256 g/mol. The number of hydrogen-bond donors (Lipinski definition) is 1. The van der Waals surface area contributed by atoms with Crippen LogP contribution in [0.4, 0.5) is 0 Å². The van der Waals surface area contributed by atoms with Gasteiger partial charge in [0.15, 0.2) is 0 Å². The molecule has 1 nitrogen and oxygen atoms in total. The second-order valence-corrected chi connectivity index (χ2v) is 6.51. The van der Waals surface area contributed by atoms with Gasteiger partial charge in [-0.25, -0.2) is 0 Å². The van der Waals surface area contributed by atoms with E-state index in [1.54, 1.807) is 0 Å². The van der Waals surface area contributed by atoms with Crippen LogP contribution in [0.5, 0.6) is 0 Å². The Kier molecular flexibility index (Phi) is 4.12. The molecule has 1 heteroatoms. The van der Waals surface area contributed by atoms with Crippen LogP contribution in [0.1, 0.15) is 54.4 Å². The lowest BCUT2D eigenvalue weighted by molar-refractivity contribution is 0.143. The maximum atomic E-state index is 10.6. The summed E-state index contributed by atoms with van der Waals surface area (Å²) in [4.78, 5) is 0. The van der Waals surface area contributed by atoms with Gasteiger partial charge in [-0.3, -0.25) is 0 Å². The van der Waals surface area contributed by atoms with Crippen molar-refractivity contribution in [1.82, 2.24) is 0 Å². The van der Waals surface area contributed by atoms with E-state index in [1.807, 2.05) is 0 Å². The smallest absolute Gasteiger partial charge is 0.0649 e. The Morgan fingerprint density at radius 2 is 1.76 bits per heavy atom. The van der Waals surface area contributed by atoms with Crippen molar-refractivity contribution in [2.45, 2.75) is 51.0 Å². The Bertz CT molecular complexity index is 597. The largest absolute Gasteiger partial charge is 0.392 e. The van der Waals surface area contributed by atoms with Gasteiger partial charge in [-0.05, 0) is 47.4 Å². The van der Waals surface area contributed by atoms with E-state index in [1.165, 1.54) is 22.3 Å². The molecular formula is C20H24O. The lowest BCUT2D eigenvalue weighted by Gasteiger charge is -2.19. The minimum atomic E-state index is -0.279. The molecule has 0 saturated heterocycles. The summed E-state index contributed by atoms with van der Waals surface area (Å²) in [6.45, 7) is 4.42. The number of hydrogen-bond acceptors (Lipinski definition) is 1. The Morgan fingerprint density at radius 1 is 1.05 bits per heavy atom. The molecule has 0 amide bonds. The van der Waals surface area contributed by atoms with Gasteiger partial charge in [0.25, 0.3) is 0 Å². The maximum absolute atomic E-state index is 10.6. The highest BCUT2D eigenvalue weighted by atomic mass is 16.3. The zero-order valence-electron chi connectivity index (χ0n) is 12.9. The minimum absolute atomic E-state index is 0.279. The molecule has 0 radical (unpaired) electrons. The van der Waals surface area contributed by atoms with Gasteiger partial charge in [0, 0.05) is 5.92 Å². The topological polar surface area (TPSA) is 20.2 Å². The second kappa shape index (κ2) is 6.03. The molecule has 2 aromatic carbocycles. The first-order chi connectivity index (χ1) is 10.1. The summed E-state index contributed by atoms with van der Waals surface area (Å²) in [5.41, 5.74) is 5.36. The number of aliphatic hydroxyl groups excluding tert-OH is 1. The van der Waals surface area contributed by atoms with E-state index in [2.05, 4.69) is 62.4 Å². The second-order valence-electron chi connectivity index (χ2n) is 6.51. The van der Waals surface area contributed by atoms with Gasteiger partial charge < -0.3 is 5.11 Å². The van der Waals surface area contributed by atoms with Crippen LogP contribution in [0.25, 0.3) is 0 Å². The zero-order valence-corrected chi connectivity index (χ0v) is 12.9. The number of aliphatic hydroxyl groups is 1. The van der Waals surface area contributed by atoms with E-state index in [9.17, 15) is 5.11 Å². The van der Waals surface area contributed by atoms with E-state index >= 15 is 0 Å². The molecule has 3 rings (SSSR count). The summed E-state index contributed by atoms with van der Waals surface area (Å²) in [5, 5.41) is 10.6. The molecule has 2 aromatic rings. The van der Waals surface area contributed by atoms with Crippen LogP contribution in [-0.4, -0.2) is 11.2 Å². The predicted octanol–water partition coefficient (Wildman–Crippen LogP) is 4.44. The molecule has 0 aliphatic heterocycles. The van der Waals surface area contributed by atoms with Crippen molar-refractivity contribution in [3.8, 4) is 0 Å². The summed E-state index contributed by atoms with van der Waals surface area (Å²) in [6, 6.07) is 17.3. The average molecular weight is 280 g/mol. The summed E-state index contributed by atoms with van der Waals surface area (Å²) in [5.74, 6) is 0.858. The SMILES string of the molecule is CC(C)c1ccc(CC(O)C2CCc3ccccc32)cc1. The Morgan fingerprint density at radius 3 is 2.48 bits per heavy atom. The summed E-state index contributed by atoms with van der Waals surface area (Å²) in [6.07, 6.45) is 2.64. The standard InChI is InChI=1S/C20H24O/c1-14(2)16-9-7-15(8-10-16)13-20(21)19-12-11-17-5-3-4-6-18(17)19/h3-10,14,19-21H,11-13H2,1-2H3. The van der Waals surface area contributed by atoms with Gasteiger partial charge in [0.1, 0.15) is 0 Å². The highest BCUT2D eigenvalue weighted by Gasteiger charge is 2.28. The molecule has 0 saturated carbocycles. The molecule has 0 bridgehead atoms. The van der Waals surface area contributed by atoms with E-state index in [4.69, 9.17) is 0 Å². The molecule has 21 heavy (non-hydrogen) atoms.